The first-order chi connectivity index (χ1) is 8.49. The molecule has 1 fully saturated rings. The van der Waals surface area contributed by atoms with Gasteiger partial charge < -0.3 is 4.74 Å². The minimum atomic E-state index is -4.55. The molecule has 11 heteroatoms. The lowest BCUT2D eigenvalue weighted by atomic mass is 9.91. The van der Waals surface area contributed by atoms with Crippen LogP contribution in [0.2, 0.25) is 0 Å². The average Bonchev–Trinajstić information content (AvgIpc) is 2.49. The summed E-state index contributed by atoms with van der Waals surface area (Å²) in [4.78, 5) is 0. The fourth-order valence-corrected chi connectivity index (χ4v) is 2.45. The van der Waals surface area contributed by atoms with Crippen molar-refractivity contribution in [2.45, 2.75) is 26.1 Å². The van der Waals surface area contributed by atoms with Gasteiger partial charge in [-0.15, -0.1) is 0 Å². The zero-order valence-corrected chi connectivity index (χ0v) is 11.9. The number of hydrogen-bond acceptors (Lipinski definition) is 7. The van der Waals surface area contributed by atoms with Crippen LogP contribution >= 0.6 is 0 Å². The molecule has 0 radical (unpaired) electrons. The monoisotopic (exact) mass is 320 g/mol. The van der Waals surface area contributed by atoms with Gasteiger partial charge in [0.15, 0.2) is 0 Å². The zero-order chi connectivity index (χ0) is 14.8. The van der Waals surface area contributed by atoms with Gasteiger partial charge >= 0.3 is 20.8 Å². The van der Waals surface area contributed by atoms with E-state index in [0.717, 1.165) is 0 Å². The largest absolute Gasteiger partial charge is 0.397 e. The quantitative estimate of drug-likeness (QED) is 0.630. The van der Waals surface area contributed by atoms with E-state index < -0.39 is 33.0 Å². The lowest BCUT2D eigenvalue weighted by Crippen LogP contribution is -2.24. The van der Waals surface area contributed by atoms with Crippen molar-refractivity contribution in [3.8, 4) is 0 Å². The molecule has 9 nitrogen and oxygen atoms in total. The van der Waals surface area contributed by atoms with E-state index in [2.05, 4.69) is 8.37 Å². The van der Waals surface area contributed by atoms with Crippen molar-refractivity contribution in [2.24, 2.45) is 11.8 Å². The van der Waals surface area contributed by atoms with Crippen molar-refractivity contribution in [2.75, 3.05) is 13.2 Å². The smallest absolute Gasteiger partial charge is 0.370 e. The van der Waals surface area contributed by atoms with Crippen LogP contribution in [0.3, 0.4) is 0 Å². The molecular formula is C8H16O9S2. The summed E-state index contributed by atoms with van der Waals surface area (Å²) >= 11 is 0. The molecule has 19 heavy (non-hydrogen) atoms. The molecule has 0 aromatic rings. The van der Waals surface area contributed by atoms with E-state index in [1.165, 1.54) is 0 Å². The van der Waals surface area contributed by atoms with E-state index >= 15 is 0 Å². The maximum absolute atomic E-state index is 10.5. The van der Waals surface area contributed by atoms with Crippen LogP contribution in [0.25, 0.3) is 0 Å². The van der Waals surface area contributed by atoms with Gasteiger partial charge in [0.2, 0.25) is 0 Å². The van der Waals surface area contributed by atoms with Gasteiger partial charge in [-0.25, -0.2) is 8.37 Å². The van der Waals surface area contributed by atoms with Crippen molar-refractivity contribution < 1.29 is 39.0 Å². The van der Waals surface area contributed by atoms with E-state index in [1.54, 1.807) is 13.8 Å². The van der Waals surface area contributed by atoms with Crippen molar-refractivity contribution in [3.63, 3.8) is 0 Å². The van der Waals surface area contributed by atoms with Gasteiger partial charge in [-0.3, -0.25) is 9.11 Å². The first-order valence-corrected chi connectivity index (χ1v) is 8.12. The van der Waals surface area contributed by atoms with Gasteiger partial charge in [0.25, 0.3) is 0 Å². The van der Waals surface area contributed by atoms with Crippen molar-refractivity contribution in [1.29, 1.82) is 0 Å². The SMILES string of the molecule is CC1C(COS(=O)(=O)O)OC(COS(=O)(=O)O)C1C. The van der Waals surface area contributed by atoms with Gasteiger partial charge in [0, 0.05) is 0 Å². The minimum absolute atomic E-state index is 0.142. The van der Waals surface area contributed by atoms with Gasteiger partial charge in [-0.05, 0) is 11.8 Å². The van der Waals surface area contributed by atoms with Crippen molar-refractivity contribution in [1.82, 2.24) is 0 Å². The predicted octanol–water partition coefficient (Wildman–Crippen LogP) is -0.335. The predicted molar refractivity (Wildman–Crippen MR) is 62.0 cm³/mol. The Morgan fingerprint density at radius 3 is 1.47 bits per heavy atom. The molecule has 0 saturated carbocycles. The lowest BCUT2D eigenvalue weighted by molar-refractivity contribution is -0.0155. The van der Waals surface area contributed by atoms with E-state index in [4.69, 9.17) is 13.8 Å². The number of ether oxygens (including phenoxy) is 1. The maximum atomic E-state index is 10.5. The molecule has 0 aliphatic carbocycles. The second-order valence-corrected chi connectivity index (χ2v) is 6.54. The van der Waals surface area contributed by atoms with E-state index in [0.29, 0.717) is 0 Å². The zero-order valence-electron chi connectivity index (χ0n) is 10.3. The van der Waals surface area contributed by atoms with Gasteiger partial charge in [0.05, 0.1) is 25.4 Å². The Hall–Kier alpha value is -0.300. The van der Waals surface area contributed by atoms with Crippen LogP contribution in [-0.4, -0.2) is 51.4 Å². The molecule has 4 unspecified atom stereocenters. The maximum Gasteiger partial charge on any atom is 0.397 e. The van der Waals surface area contributed by atoms with Crippen LogP contribution in [0.5, 0.6) is 0 Å². The third-order valence-electron chi connectivity index (χ3n) is 3.11. The highest BCUT2D eigenvalue weighted by Gasteiger charge is 2.40. The van der Waals surface area contributed by atoms with Crippen LogP contribution in [0, 0.1) is 11.8 Å². The molecule has 114 valence electrons. The first-order valence-electron chi connectivity index (χ1n) is 5.39. The average molecular weight is 320 g/mol. The molecule has 0 aromatic heterocycles. The molecule has 0 aromatic carbocycles. The third-order valence-corrected chi connectivity index (χ3v) is 3.98. The molecule has 1 aliphatic rings. The molecule has 1 heterocycles. The Kier molecular flexibility index (Phi) is 5.28. The number of rotatable bonds is 6. The Balaban J connectivity index is 2.56. The molecule has 0 bridgehead atoms. The topological polar surface area (TPSA) is 136 Å². The molecular weight excluding hydrogens is 304 g/mol. The van der Waals surface area contributed by atoms with Crippen LogP contribution in [-0.2, 0) is 33.9 Å². The van der Waals surface area contributed by atoms with Crippen molar-refractivity contribution >= 4 is 20.8 Å². The Bertz CT molecular complexity index is 450. The van der Waals surface area contributed by atoms with Crippen LogP contribution < -0.4 is 0 Å². The van der Waals surface area contributed by atoms with Gasteiger partial charge in [-0.2, -0.15) is 16.8 Å². The van der Waals surface area contributed by atoms with E-state index in [9.17, 15) is 16.8 Å². The normalized spacial score (nSPS) is 32.6. The summed E-state index contributed by atoms with van der Waals surface area (Å²) in [6, 6.07) is 0. The summed E-state index contributed by atoms with van der Waals surface area (Å²) in [7, 11) is -9.11. The third kappa shape index (κ3) is 5.69. The second kappa shape index (κ2) is 5.99. The highest BCUT2D eigenvalue weighted by atomic mass is 32.3. The van der Waals surface area contributed by atoms with E-state index in [-0.39, 0.29) is 25.0 Å². The molecule has 1 saturated heterocycles. The molecule has 0 amide bonds. The molecule has 4 atom stereocenters. The summed E-state index contributed by atoms with van der Waals surface area (Å²) < 4.78 is 72.6. The summed E-state index contributed by atoms with van der Waals surface area (Å²) in [5.74, 6) is -0.284. The van der Waals surface area contributed by atoms with Crippen LogP contribution in [0.1, 0.15) is 13.8 Å². The highest BCUT2D eigenvalue weighted by molar-refractivity contribution is 7.81. The Morgan fingerprint density at radius 2 is 1.21 bits per heavy atom. The van der Waals surface area contributed by atoms with Crippen molar-refractivity contribution in [3.05, 3.63) is 0 Å². The van der Waals surface area contributed by atoms with Gasteiger partial charge in [-0.1, -0.05) is 13.8 Å². The summed E-state index contributed by atoms with van der Waals surface area (Å²) in [5.41, 5.74) is 0. The Labute approximate surface area is 111 Å². The molecule has 1 rings (SSSR count). The Morgan fingerprint density at radius 1 is 0.895 bits per heavy atom. The standard InChI is InChI=1S/C8H16O9S2/c1-5-6(2)8(4-16-19(12,13)14)17-7(5)3-15-18(9,10)11/h5-8H,3-4H2,1-2H3,(H,9,10,11)(H,12,13,14). The summed E-state index contributed by atoms with van der Waals surface area (Å²) in [5, 5.41) is 0. The van der Waals surface area contributed by atoms with Crippen LogP contribution in [0.15, 0.2) is 0 Å². The lowest BCUT2D eigenvalue weighted by Gasteiger charge is -2.14. The number of hydrogen-bond donors (Lipinski definition) is 2. The fourth-order valence-electron chi connectivity index (χ4n) is 1.84. The molecule has 0 spiro atoms. The summed E-state index contributed by atoms with van der Waals surface area (Å²) in [6.07, 6.45) is -1.26. The fraction of sp³-hybridized carbons (Fsp3) is 1.00. The highest BCUT2D eigenvalue weighted by Crippen LogP contribution is 2.32. The molecule has 1 aliphatic heterocycles. The minimum Gasteiger partial charge on any atom is -0.370 e. The first kappa shape index (κ1) is 16.8. The summed E-state index contributed by atoms with van der Waals surface area (Å²) in [6.45, 7) is 2.76. The molecule has 2 N–H and O–H groups in total. The van der Waals surface area contributed by atoms with Crippen LogP contribution in [0.4, 0.5) is 0 Å². The van der Waals surface area contributed by atoms with Gasteiger partial charge in [0.1, 0.15) is 0 Å². The second-order valence-electron chi connectivity index (χ2n) is 4.36. The van der Waals surface area contributed by atoms with E-state index in [1.807, 2.05) is 0 Å².